The molecule has 6 bridgehead atoms. The second-order valence-electron chi connectivity index (χ2n) is 31.7. The normalized spacial score (nSPS) is 38.0. The molecule has 0 aromatic heterocycles. The molecular formula is C82H113N3O12. The van der Waals surface area contributed by atoms with Gasteiger partial charge in [0.2, 0.25) is 17.7 Å². The number of carbonyl (C=O) groups is 6. The lowest BCUT2D eigenvalue weighted by molar-refractivity contribution is -0.259. The van der Waals surface area contributed by atoms with Gasteiger partial charge in [-0.25, -0.2) is 14.4 Å². The summed E-state index contributed by atoms with van der Waals surface area (Å²) in [6.45, 7) is 33.8. The monoisotopic (exact) mass is 1330 g/mol. The summed E-state index contributed by atoms with van der Waals surface area (Å²) in [5.74, 6) is 2.39. The number of hydrogen-bond donors (Lipinski definition) is 3. The molecule has 9 fully saturated rings. The lowest BCUT2D eigenvalue weighted by Gasteiger charge is -2.53. The molecule has 6 aliphatic heterocycles. The zero-order valence-corrected chi connectivity index (χ0v) is 60.8. The zero-order chi connectivity index (χ0) is 70.2. The van der Waals surface area contributed by atoms with Gasteiger partial charge < -0.3 is 44.4 Å². The minimum Gasteiger partial charge on any atom is -0.456 e. The highest BCUT2D eigenvalue weighted by Crippen LogP contribution is 2.66. The fourth-order valence-corrected chi connectivity index (χ4v) is 19.8. The van der Waals surface area contributed by atoms with E-state index in [1.54, 1.807) is 18.2 Å². The van der Waals surface area contributed by atoms with Crippen molar-refractivity contribution in [2.24, 2.45) is 71.0 Å². The first-order valence-corrected chi connectivity index (χ1v) is 36.8. The Balaban J connectivity index is 0.000000158. The molecule has 3 saturated carbocycles. The molecule has 9 aliphatic rings. The highest BCUT2D eigenvalue weighted by molar-refractivity contribution is 5.91. The largest absolute Gasteiger partial charge is 0.456 e. The number of hydrogen-bond acceptors (Lipinski definition) is 12. The number of fused-ring (bicyclic) bond motifs is 12. The number of amides is 3. The standard InChI is InChI=1S/C28H39NO4.2C27H37NO4/c1-7-23(30)29-22-16-28(17(2)3)26(25-18(4)13-14-21(25)27(22,6)33-28)32-24(31)15-19(5)20-11-9-8-10-12-20;2*1-6-22(29)28-21-16-27(17(2)3)25(24-18(4)12-14-20(24)26(21,5)32-27)31-23(30)15-13-19-10-8-7-9-11-19/h8-12,15,17-18,21-22,25-26H,7,13-14,16H2,1-6H3,(H,29,30);2*7-11,13,15,17-18,20-21,24-25H,6,12,14,16H2,1-5H3,(H,28,29)/b19-15+;2*15-13+/t18-,21-,22-,25-,26+,27+,28-;2*18-,20-,21-,24-,25+,26+,27-/m111/s1. The van der Waals surface area contributed by atoms with E-state index in [0.29, 0.717) is 56.3 Å². The molecule has 0 radical (unpaired) electrons. The van der Waals surface area contributed by atoms with E-state index in [1.807, 2.05) is 119 Å². The summed E-state index contributed by atoms with van der Waals surface area (Å²) in [5, 5.41) is 9.76. The van der Waals surface area contributed by atoms with Gasteiger partial charge in [-0.1, -0.05) is 174 Å². The van der Waals surface area contributed by atoms with E-state index in [4.69, 9.17) is 28.4 Å². The maximum absolute atomic E-state index is 13.2. The third-order valence-electron chi connectivity index (χ3n) is 25.4. The molecular weight excluding hydrogens is 1220 g/mol. The number of ether oxygens (including phenoxy) is 6. The Labute approximate surface area is 578 Å². The van der Waals surface area contributed by atoms with Crippen molar-refractivity contribution in [3.05, 3.63) is 126 Å². The van der Waals surface area contributed by atoms with Crippen molar-refractivity contribution >= 4 is 53.4 Å². The third kappa shape index (κ3) is 14.0. The zero-order valence-electron chi connectivity index (χ0n) is 60.8. The van der Waals surface area contributed by atoms with Gasteiger partial charge in [0.25, 0.3) is 0 Å². The number of allylic oxidation sites excluding steroid dienone is 1. The van der Waals surface area contributed by atoms with Crippen molar-refractivity contribution in [3.8, 4) is 0 Å². The Morgan fingerprint density at radius 2 is 0.742 bits per heavy atom. The molecule has 3 aromatic carbocycles. The Kier molecular flexibility index (Phi) is 22.2. The third-order valence-corrected chi connectivity index (χ3v) is 25.4. The molecule has 15 nitrogen and oxygen atoms in total. The lowest BCUT2D eigenvalue weighted by atomic mass is 9.69. The summed E-state index contributed by atoms with van der Waals surface area (Å²) in [6.07, 6.45) is 17.0. The summed E-state index contributed by atoms with van der Waals surface area (Å²) in [5.41, 5.74) is 0.699. The van der Waals surface area contributed by atoms with Crippen LogP contribution < -0.4 is 16.0 Å². The van der Waals surface area contributed by atoms with Crippen LogP contribution in [0.15, 0.2) is 109 Å². The van der Waals surface area contributed by atoms with E-state index in [9.17, 15) is 28.8 Å². The average Bonchev–Trinajstić information content (AvgIpc) is 1.56. The van der Waals surface area contributed by atoms with Crippen LogP contribution in [0.2, 0.25) is 0 Å². The lowest BCUT2D eigenvalue weighted by Crippen LogP contribution is -2.63. The topological polar surface area (TPSA) is 194 Å². The summed E-state index contributed by atoms with van der Waals surface area (Å²) < 4.78 is 39.6. The van der Waals surface area contributed by atoms with Gasteiger partial charge in [0, 0.05) is 74.5 Å². The van der Waals surface area contributed by atoms with Gasteiger partial charge in [0.05, 0.1) is 34.9 Å². The SMILES string of the molecule is CCC(=O)N[C@@H]1C[C@]2(C(C)C)O[C@@]1(C)[C@@H]1CC[C@@H](C)[C@H]1[C@@H]2OC(=O)/C=C(\C)c1ccccc1.CCC(=O)N[C@@H]1C[C@]2(C(C)C)O[C@@]1(C)[C@@H]1CC[C@@H](C)[C@H]1[C@@H]2OC(=O)/C=C/c1ccccc1.CCC(=O)N[C@@H]1C[C@]2(C(C)C)O[C@@]1(C)[C@@H]1CC[C@@H](C)[C@H]1[C@@H]2OC(=O)/C=C/c1ccccc1. The Morgan fingerprint density at radius 3 is 1.03 bits per heavy atom. The number of carbonyl (C=O) groups excluding carboxylic acids is 6. The van der Waals surface area contributed by atoms with Gasteiger partial charge in [0.15, 0.2) is 0 Å². The molecule has 21 atom stereocenters. The average molecular weight is 1330 g/mol. The molecule has 6 saturated heterocycles. The fraction of sp³-hybridized carbons (Fsp3) is 0.634. The fourth-order valence-electron chi connectivity index (χ4n) is 19.8. The molecule has 3 aromatic rings. The Hall–Kier alpha value is -6.42. The van der Waals surface area contributed by atoms with E-state index < -0.39 is 33.6 Å². The van der Waals surface area contributed by atoms with Crippen LogP contribution in [0, 0.1) is 71.0 Å². The van der Waals surface area contributed by atoms with Crippen molar-refractivity contribution in [2.45, 2.75) is 258 Å². The van der Waals surface area contributed by atoms with Gasteiger partial charge in [-0.2, -0.15) is 0 Å². The van der Waals surface area contributed by atoms with Crippen LogP contribution in [0.4, 0.5) is 0 Å². The highest BCUT2D eigenvalue weighted by atomic mass is 16.6. The molecule has 6 heterocycles. The number of rotatable bonds is 18. The maximum Gasteiger partial charge on any atom is 0.331 e. The molecule has 0 unspecified atom stereocenters. The van der Waals surface area contributed by atoms with Crippen molar-refractivity contribution in [2.75, 3.05) is 0 Å². The van der Waals surface area contributed by atoms with Crippen LogP contribution in [-0.4, -0.2) is 106 Å². The van der Waals surface area contributed by atoms with Crippen LogP contribution in [0.3, 0.4) is 0 Å². The van der Waals surface area contributed by atoms with Crippen LogP contribution in [0.5, 0.6) is 0 Å². The molecule has 528 valence electrons. The smallest absolute Gasteiger partial charge is 0.331 e. The second kappa shape index (κ2) is 29.4. The summed E-state index contributed by atoms with van der Waals surface area (Å²) >= 11 is 0. The predicted molar refractivity (Wildman–Crippen MR) is 379 cm³/mol. The maximum atomic E-state index is 13.2. The van der Waals surface area contributed by atoms with Gasteiger partial charge in [-0.15, -0.1) is 0 Å². The molecule has 3 amide bonds. The quantitative estimate of drug-likeness (QED) is 0.0621. The Bertz CT molecular complexity index is 3240. The van der Waals surface area contributed by atoms with Gasteiger partial charge in [-0.05, 0) is 154 Å². The number of nitrogens with one attached hydrogen (secondary N) is 3. The van der Waals surface area contributed by atoms with E-state index in [-0.39, 0.29) is 125 Å². The first-order chi connectivity index (χ1) is 46.0. The minimum absolute atomic E-state index is 0.0493. The van der Waals surface area contributed by atoms with E-state index >= 15 is 0 Å². The summed E-state index contributed by atoms with van der Waals surface area (Å²) in [6, 6.07) is 29.2. The van der Waals surface area contributed by atoms with Crippen LogP contribution >= 0.6 is 0 Å². The molecule has 15 heteroatoms. The second-order valence-corrected chi connectivity index (χ2v) is 31.7. The molecule has 3 aliphatic carbocycles. The van der Waals surface area contributed by atoms with Crippen LogP contribution in [0.25, 0.3) is 17.7 Å². The first kappa shape index (κ1) is 73.3. The van der Waals surface area contributed by atoms with Crippen molar-refractivity contribution < 1.29 is 57.2 Å². The first-order valence-electron chi connectivity index (χ1n) is 36.8. The molecule has 0 spiro atoms. The number of benzene rings is 3. The molecule has 12 rings (SSSR count). The highest BCUT2D eigenvalue weighted by Gasteiger charge is 2.74. The minimum atomic E-state index is -0.607. The van der Waals surface area contributed by atoms with Gasteiger partial charge >= 0.3 is 17.9 Å². The Morgan fingerprint density at radius 1 is 0.454 bits per heavy atom. The predicted octanol–water partition coefficient (Wildman–Crippen LogP) is 14.7. The summed E-state index contributed by atoms with van der Waals surface area (Å²) in [4.78, 5) is 76.2. The van der Waals surface area contributed by atoms with Gasteiger partial charge in [-0.3, -0.25) is 14.4 Å². The van der Waals surface area contributed by atoms with E-state index in [1.165, 1.54) is 12.2 Å². The van der Waals surface area contributed by atoms with E-state index in [0.717, 1.165) is 60.8 Å². The molecule has 97 heavy (non-hydrogen) atoms. The molecule has 3 N–H and O–H groups in total. The van der Waals surface area contributed by atoms with E-state index in [2.05, 4.69) is 99.0 Å². The van der Waals surface area contributed by atoms with Crippen molar-refractivity contribution in [3.63, 3.8) is 0 Å². The van der Waals surface area contributed by atoms with Crippen molar-refractivity contribution in [1.82, 2.24) is 16.0 Å². The van der Waals surface area contributed by atoms with Crippen molar-refractivity contribution in [1.29, 1.82) is 0 Å². The van der Waals surface area contributed by atoms with Crippen LogP contribution in [0.1, 0.15) is 205 Å². The van der Waals surface area contributed by atoms with Crippen LogP contribution in [-0.2, 0) is 57.2 Å². The van der Waals surface area contributed by atoms with Gasteiger partial charge in [0.1, 0.15) is 35.1 Å². The summed E-state index contributed by atoms with van der Waals surface area (Å²) in [7, 11) is 0. The number of esters is 3.